The highest BCUT2D eigenvalue weighted by atomic mass is 32.2. The fraction of sp³-hybridized carbons (Fsp3) is 0.0769. The van der Waals surface area contributed by atoms with Gasteiger partial charge in [-0.2, -0.15) is 0 Å². The van der Waals surface area contributed by atoms with Crippen molar-refractivity contribution in [1.82, 2.24) is 10.4 Å². The summed E-state index contributed by atoms with van der Waals surface area (Å²) in [5, 5.41) is 0. The first-order valence-corrected chi connectivity index (χ1v) is 6.62. The number of rotatable bonds is 4. The second-order valence-corrected chi connectivity index (χ2v) is 4.89. The van der Waals surface area contributed by atoms with Gasteiger partial charge in [0.1, 0.15) is 11.6 Å². The number of hydrogen-bond acceptors (Lipinski definition) is 4. The van der Waals surface area contributed by atoms with E-state index in [2.05, 4.69) is 4.98 Å². The molecule has 0 spiro atoms. The van der Waals surface area contributed by atoms with Crippen molar-refractivity contribution in [3.8, 4) is 0 Å². The summed E-state index contributed by atoms with van der Waals surface area (Å²) in [5.41, 5.74) is 3.02. The van der Waals surface area contributed by atoms with Crippen molar-refractivity contribution in [3.63, 3.8) is 0 Å². The van der Waals surface area contributed by atoms with Crippen LogP contribution in [0.25, 0.3) is 0 Å². The number of halogens is 2. The van der Waals surface area contributed by atoms with Crippen molar-refractivity contribution < 1.29 is 13.6 Å². The summed E-state index contributed by atoms with van der Waals surface area (Å²) in [6, 6.07) is 6.65. The minimum Gasteiger partial charge on any atom is -0.290 e. The number of nitrogens with one attached hydrogen (secondary N) is 1. The molecule has 0 saturated heterocycles. The Bertz CT molecular complexity index is 620. The zero-order valence-corrected chi connectivity index (χ0v) is 11.1. The highest BCUT2D eigenvalue weighted by Crippen LogP contribution is 2.25. The van der Waals surface area contributed by atoms with Crippen LogP contribution in [0.3, 0.4) is 0 Å². The van der Waals surface area contributed by atoms with Crippen molar-refractivity contribution in [2.24, 2.45) is 5.84 Å². The Morgan fingerprint density at radius 1 is 1.30 bits per heavy atom. The third-order valence-corrected chi connectivity index (χ3v) is 3.57. The van der Waals surface area contributed by atoms with Crippen LogP contribution in [0.2, 0.25) is 0 Å². The number of pyridine rings is 1. The van der Waals surface area contributed by atoms with Crippen LogP contribution < -0.4 is 11.3 Å². The van der Waals surface area contributed by atoms with Gasteiger partial charge >= 0.3 is 0 Å². The molecule has 2 aromatic rings. The number of thioether (sulfide) groups is 1. The largest absolute Gasteiger partial charge is 0.290 e. The zero-order chi connectivity index (χ0) is 14.5. The summed E-state index contributed by atoms with van der Waals surface area (Å²) in [5.74, 6) is 3.77. The number of amides is 1. The lowest BCUT2D eigenvalue weighted by atomic mass is 10.2. The van der Waals surface area contributed by atoms with Crippen LogP contribution in [0.4, 0.5) is 8.78 Å². The van der Waals surface area contributed by atoms with Gasteiger partial charge in [0.15, 0.2) is 0 Å². The number of nitrogens with zero attached hydrogens (tertiary/aromatic N) is 1. The number of aromatic nitrogens is 1. The third-order valence-electron chi connectivity index (χ3n) is 2.49. The average molecular weight is 295 g/mol. The second-order valence-electron chi connectivity index (χ2n) is 3.88. The molecule has 0 aliphatic heterocycles. The maximum Gasteiger partial charge on any atom is 0.266 e. The van der Waals surface area contributed by atoms with Gasteiger partial charge in [0.05, 0.1) is 11.3 Å². The van der Waals surface area contributed by atoms with Crippen molar-refractivity contribution >= 4 is 17.7 Å². The Balaban J connectivity index is 2.02. The Morgan fingerprint density at radius 3 is 2.70 bits per heavy atom. The smallest absolute Gasteiger partial charge is 0.266 e. The summed E-state index contributed by atoms with van der Waals surface area (Å²) in [4.78, 5) is 15.6. The first-order valence-electron chi connectivity index (χ1n) is 5.64. The van der Waals surface area contributed by atoms with E-state index in [1.54, 1.807) is 12.1 Å². The zero-order valence-electron chi connectivity index (χ0n) is 10.3. The maximum atomic E-state index is 13.4. The molecule has 0 radical (unpaired) electrons. The standard InChI is InChI=1S/C13H11F2N3OS/c14-9-2-4-12(11(15)5-9)20-7-10-3-1-8(6-17-10)13(19)18-16/h1-6H,7,16H2,(H,18,19). The highest BCUT2D eigenvalue weighted by Gasteiger charge is 2.07. The molecule has 3 N–H and O–H groups in total. The topological polar surface area (TPSA) is 68.0 Å². The molecule has 0 saturated carbocycles. The van der Waals surface area contributed by atoms with Crippen LogP contribution in [-0.2, 0) is 5.75 Å². The number of hydrogen-bond donors (Lipinski definition) is 2. The summed E-state index contributed by atoms with van der Waals surface area (Å²) in [6.07, 6.45) is 1.39. The van der Waals surface area contributed by atoms with Gasteiger partial charge in [0.25, 0.3) is 5.91 Å². The lowest BCUT2D eigenvalue weighted by molar-refractivity contribution is 0.0953. The van der Waals surface area contributed by atoms with Crippen LogP contribution in [0.15, 0.2) is 41.4 Å². The van der Waals surface area contributed by atoms with Crippen LogP contribution >= 0.6 is 11.8 Å². The Labute approximate surface area is 118 Å². The molecule has 2 rings (SSSR count). The first kappa shape index (κ1) is 14.4. The first-order chi connectivity index (χ1) is 9.60. The summed E-state index contributed by atoms with van der Waals surface area (Å²) in [6.45, 7) is 0. The van der Waals surface area contributed by atoms with E-state index < -0.39 is 17.5 Å². The summed E-state index contributed by atoms with van der Waals surface area (Å²) in [7, 11) is 0. The number of benzene rings is 1. The number of carbonyl (C=O) groups excluding carboxylic acids is 1. The monoisotopic (exact) mass is 295 g/mol. The third kappa shape index (κ3) is 3.52. The predicted octanol–water partition coefficient (Wildman–Crippen LogP) is 2.26. The molecule has 0 aliphatic carbocycles. The Kier molecular flexibility index (Phi) is 4.65. The van der Waals surface area contributed by atoms with E-state index in [1.807, 2.05) is 5.43 Å². The Hall–Kier alpha value is -1.99. The lowest BCUT2D eigenvalue weighted by Crippen LogP contribution is -2.30. The van der Waals surface area contributed by atoms with Crippen molar-refractivity contribution in [2.75, 3.05) is 0 Å². The van der Waals surface area contributed by atoms with E-state index >= 15 is 0 Å². The Morgan fingerprint density at radius 2 is 2.10 bits per heavy atom. The van der Waals surface area contributed by atoms with Crippen molar-refractivity contribution in [3.05, 3.63) is 59.4 Å². The maximum absolute atomic E-state index is 13.4. The minimum atomic E-state index is -0.609. The molecule has 0 aliphatic rings. The van der Waals surface area contributed by atoms with Gasteiger partial charge in [-0.05, 0) is 24.3 Å². The van der Waals surface area contributed by atoms with Gasteiger partial charge in [0, 0.05) is 22.9 Å². The molecular weight excluding hydrogens is 284 g/mol. The number of nitrogens with two attached hydrogens (primary N) is 1. The molecule has 104 valence electrons. The molecule has 0 bridgehead atoms. The van der Waals surface area contributed by atoms with E-state index in [0.717, 1.165) is 6.07 Å². The quantitative estimate of drug-likeness (QED) is 0.393. The molecule has 1 heterocycles. The van der Waals surface area contributed by atoms with Gasteiger partial charge in [-0.1, -0.05) is 0 Å². The van der Waals surface area contributed by atoms with Gasteiger partial charge < -0.3 is 0 Å². The van der Waals surface area contributed by atoms with Crippen LogP contribution in [-0.4, -0.2) is 10.9 Å². The van der Waals surface area contributed by atoms with Gasteiger partial charge in [-0.25, -0.2) is 14.6 Å². The molecule has 0 atom stereocenters. The molecule has 1 amide bonds. The number of carbonyl (C=O) groups is 1. The molecule has 4 nitrogen and oxygen atoms in total. The minimum absolute atomic E-state index is 0.342. The SMILES string of the molecule is NNC(=O)c1ccc(CSc2ccc(F)cc2F)nc1. The average Bonchev–Trinajstić information content (AvgIpc) is 2.46. The van der Waals surface area contributed by atoms with E-state index in [0.29, 0.717) is 21.9 Å². The van der Waals surface area contributed by atoms with E-state index in [4.69, 9.17) is 5.84 Å². The molecule has 1 aromatic heterocycles. The van der Waals surface area contributed by atoms with Crippen LogP contribution in [0.5, 0.6) is 0 Å². The van der Waals surface area contributed by atoms with Crippen molar-refractivity contribution in [1.29, 1.82) is 0 Å². The molecule has 1 aromatic carbocycles. The van der Waals surface area contributed by atoms with Crippen LogP contribution in [0.1, 0.15) is 16.1 Å². The fourth-order valence-electron chi connectivity index (χ4n) is 1.47. The normalized spacial score (nSPS) is 10.3. The molecule has 0 fully saturated rings. The van der Waals surface area contributed by atoms with Crippen LogP contribution in [0, 0.1) is 11.6 Å². The molecule has 0 unspecified atom stereocenters. The summed E-state index contributed by atoms with van der Waals surface area (Å²) < 4.78 is 26.2. The van der Waals surface area contributed by atoms with E-state index in [1.165, 1.54) is 30.1 Å². The number of hydrazine groups is 1. The summed E-state index contributed by atoms with van der Waals surface area (Å²) >= 11 is 1.20. The van der Waals surface area contributed by atoms with E-state index in [-0.39, 0.29) is 0 Å². The van der Waals surface area contributed by atoms with Gasteiger partial charge in [-0.15, -0.1) is 11.8 Å². The van der Waals surface area contributed by atoms with Gasteiger partial charge in [-0.3, -0.25) is 15.2 Å². The molecular formula is C13H11F2N3OS. The second kappa shape index (κ2) is 6.44. The highest BCUT2D eigenvalue weighted by molar-refractivity contribution is 7.98. The predicted molar refractivity (Wildman–Crippen MR) is 71.8 cm³/mol. The molecule has 7 heteroatoms. The van der Waals surface area contributed by atoms with E-state index in [9.17, 15) is 13.6 Å². The van der Waals surface area contributed by atoms with Crippen molar-refractivity contribution in [2.45, 2.75) is 10.6 Å². The molecule has 20 heavy (non-hydrogen) atoms. The fourth-order valence-corrected chi connectivity index (χ4v) is 2.31. The van der Waals surface area contributed by atoms with Gasteiger partial charge in [0.2, 0.25) is 0 Å². The number of nitrogen functional groups attached to an aromatic ring is 1. The lowest BCUT2D eigenvalue weighted by Gasteiger charge is -2.04.